The molecule has 54 valence electrons. The van der Waals surface area contributed by atoms with E-state index >= 15 is 0 Å². The predicted molar refractivity (Wildman–Crippen MR) is 42.3 cm³/mol. The number of hydrogen-bond donors (Lipinski definition) is 1. The first-order valence-electron chi connectivity index (χ1n) is 3.43. The zero-order valence-corrected chi connectivity index (χ0v) is 6.66. The first-order valence-corrected chi connectivity index (χ1v) is 4.59. The predicted octanol–water partition coefficient (Wildman–Crippen LogP) is 0.688. The van der Waals surface area contributed by atoms with Crippen LogP contribution in [0.3, 0.4) is 0 Å². The number of thioether (sulfide) groups is 1. The largest absolute Gasteiger partial charge is 0.269 e. The Kier molecular flexibility index (Phi) is 2.82. The van der Waals surface area contributed by atoms with Gasteiger partial charge in [0.1, 0.15) is 0 Å². The van der Waals surface area contributed by atoms with E-state index in [2.05, 4.69) is 6.92 Å². The molecule has 1 fully saturated rings. The van der Waals surface area contributed by atoms with Crippen molar-refractivity contribution in [2.75, 3.05) is 18.1 Å². The van der Waals surface area contributed by atoms with E-state index in [1.807, 2.05) is 16.8 Å². The lowest BCUT2D eigenvalue weighted by molar-refractivity contribution is 0.230. The summed E-state index contributed by atoms with van der Waals surface area (Å²) in [6.07, 6.45) is 1.27. The van der Waals surface area contributed by atoms with Gasteiger partial charge in [0, 0.05) is 18.3 Å². The summed E-state index contributed by atoms with van der Waals surface area (Å²) in [4.78, 5) is 0. The van der Waals surface area contributed by atoms with Gasteiger partial charge in [0.2, 0.25) is 0 Å². The van der Waals surface area contributed by atoms with E-state index in [4.69, 9.17) is 5.84 Å². The molecule has 1 aliphatic rings. The van der Waals surface area contributed by atoms with Crippen molar-refractivity contribution in [2.45, 2.75) is 19.4 Å². The highest BCUT2D eigenvalue weighted by molar-refractivity contribution is 7.99. The summed E-state index contributed by atoms with van der Waals surface area (Å²) in [7, 11) is 0. The van der Waals surface area contributed by atoms with Crippen LogP contribution < -0.4 is 5.84 Å². The number of nitrogens with zero attached hydrogens (tertiary/aromatic N) is 1. The minimum Gasteiger partial charge on any atom is -0.269 e. The van der Waals surface area contributed by atoms with Crippen LogP contribution in [0.4, 0.5) is 0 Å². The maximum atomic E-state index is 5.70. The quantitative estimate of drug-likeness (QED) is 0.459. The van der Waals surface area contributed by atoms with Crippen molar-refractivity contribution in [3.05, 3.63) is 0 Å². The van der Waals surface area contributed by atoms with Gasteiger partial charge >= 0.3 is 0 Å². The third-order valence-corrected chi connectivity index (χ3v) is 2.88. The molecule has 0 amide bonds. The van der Waals surface area contributed by atoms with Crippen molar-refractivity contribution in [3.8, 4) is 0 Å². The molecule has 0 unspecified atom stereocenters. The monoisotopic (exact) mass is 146 g/mol. The third kappa shape index (κ3) is 1.85. The summed E-state index contributed by atoms with van der Waals surface area (Å²) in [6, 6.07) is 0.653. The summed E-state index contributed by atoms with van der Waals surface area (Å²) in [5.41, 5.74) is 0. The van der Waals surface area contributed by atoms with Crippen LogP contribution >= 0.6 is 11.8 Å². The average molecular weight is 146 g/mol. The molecule has 0 bridgehead atoms. The van der Waals surface area contributed by atoms with E-state index in [-0.39, 0.29) is 0 Å². The second-order valence-electron chi connectivity index (χ2n) is 2.35. The molecule has 1 rings (SSSR count). The SMILES string of the molecule is CCN(N)[C@@H]1CCSC1. The summed E-state index contributed by atoms with van der Waals surface area (Å²) >= 11 is 2.00. The van der Waals surface area contributed by atoms with E-state index in [1.165, 1.54) is 17.9 Å². The lowest BCUT2D eigenvalue weighted by Gasteiger charge is -2.20. The fourth-order valence-electron chi connectivity index (χ4n) is 1.04. The third-order valence-electron chi connectivity index (χ3n) is 1.74. The molecule has 0 aromatic heterocycles. The second kappa shape index (κ2) is 3.44. The standard InChI is InChI=1S/C6H14N2S/c1-2-8(7)6-3-4-9-5-6/h6H,2-5,7H2,1H3/t6-/m1/s1. The van der Waals surface area contributed by atoms with Crippen LogP contribution in [0.5, 0.6) is 0 Å². The molecule has 1 heterocycles. The topological polar surface area (TPSA) is 29.3 Å². The van der Waals surface area contributed by atoms with Crippen molar-refractivity contribution in [1.82, 2.24) is 5.01 Å². The van der Waals surface area contributed by atoms with Crippen molar-refractivity contribution >= 4 is 11.8 Å². The van der Waals surface area contributed by atoms with Crippen molar-refractivity contribution in [2.24, 2.45) is 5.84 Å². The van der Waals surface area contributed by atoms with Gasteiger partial charge in [-0.25, -0.2) is 5.01 Å². The molecule has 0 radical (unpaired) electrons. The van der Waals surface area contributed by atoms with Gasteiger partial charge in [-0.3, -0.25) is 5.84 Å². The van der Waals surface area contributed by atoms with E-state index in [0.717, 1.165) is 6.54 Å². The van der Waals surface area contributed by atoms with Crippen LogP contribution in [0.25, 0.3) is 0 Å². The molecule has 2 nitrogen and oxygen atoms in total. The van der Waals surface area contributed by atoms with E-state index < -0.39 is 0 Å². The Labute approximate surface area is 60.8 Å². The zero-order chi connectivity index (χ0) is 6.69. The molecule has 3 heteroatoms. The smallest absolute Gasteiger partial charge is 0.0339 e. The Balaban J connectivity index is 2.24. The van der Waals surface area contributed by atoms with Crippen LogP contribution in [-0.2, 0) is 0 Å². The first-order chi connectivity index (χ1) is 4.34. The summed E-state index contributed by atoms with van der Waals surface area (Å²) in [5, 5.41) is 1.94. The van der Waals surface area contributed by atoms with Crippen LogP contribution in [0.2, 0.25) is 0 Å². The number of hydrazine groups is 1. The Hall–Kier alpha value is 0.270. The number of rotatable bonds is 2. The van der Waals surface area contributed by atoms with Crippen molar-refractivity contribution in [1.29, 1.82) is 0 Å². The normalized spacial score (nSPS) is 27.7. The van der Waals surface area contributed by atoms with Crippen LogP contribution in [-0.4, -0.2) is 29.1 Å². The molecular weight excluding hydrogens is 132 g/mol. The highest BCUT2D eigenvalue weighted by Gasteiger charge is 2.18. The highest BCUT2D eigenvalue weighted by Crippen LogP contribution is 2.19. The zero-order valence-electron chi connectivity index (χ0n) is 5.84. The fraction of sp³-hybridized carbons (Fsp3) is 1.00. The number of nitrogens with two attached hydrogens (primary N) is 1. The van der Waals surface area contributed by atoms with Crippen molar-refractivity contribution in [3.63, 3.8) is 0 Å². The van der Waals surface area contributed by atoms with Crippen molar-refractivity contribution < 1.29 is 0 Å². The van der Waals surface area contributed by atoms with Gasteiger partial charge in [0.05, 0.1) is 0 Å². The lowest BCUT2D eigenvalue weighted by Crippen LogP contribution is -2.40. The molecule has 9 heavy (non-hydrogen) atoms. The first kappa shape index (κ1) is 7.38. The molecule has 1 saturated heterocycles. The summed E-state index contributed by atoms with van der Waals surface area (Å²) in [5.74, 6) is 8.21. The maximum absolute atomic E-state index is 5.70. The van der Waals surface area contributed by atoms with Crippen LogP contribution in [0.15, 0.2) is 0 Å². The van der Waals surface area contributed by atoms with Crippen LogP contribution in [0.1, 0.15) is 13.3 Å². The maximum Gasteiger partial charge on any atom is 0.0339 e. The lowest BCUT2D eigenvalue weighted by atomic mass is 10.2. The number of hydrogen-bond acceptors (Lipinski definition) is 3. The molecule has 0 aliphatic carbocycles. The molecule has 0 aromatic rings. The van der Waals surface area contributed by atoms with Gasteiger partial charge in [-0.1, -0.05) is 6.92 Å². The average Bonchev–Trinajstić information content (AvgIpc) is 2.37. The molecule has 2 N–H and O–H groups in total. The van der Waals surface area contributed by atoms with Gasteiger partial charge in [-0.05, 0) is 12.2 Å². The Morgan fingerprint density at radius 2 is 2.56 bits per heavy atom. The van der Waals surface area contributed by atoms with Gasteiger partial charge in [0.15, 0.2) is 0 Å². The second-order valence-corrected chi connectivity index (χ2v) is 3.50. The van der Waals surface area contributed by atoms with Gasteiger partial charge in [-0.2, -0.15) is 11.8 Å². The molecule has 1 atom stereocenters. The van der Waals surface area contributed by atoms with Gasteiger partial charge in [-0.15, -0.1) is 0 Å². The van der Waals surface area contributed by atoms with Crippen LogP contribution in [0, 0.1) is 0 Å². The van der Waals surface area contributed by atoms with E-state index in [9.17, 15) is 0 Å². The molecule has 0 spiro atoms. The Morgan fingerprint density at radius 1 is 1.78 bits per heavy atom. The Bertz CT molecular complexity index is 81.1. The van der Waals surface area contributed by atoms with E-state index in [0.29, 0.717) is 6.04 Å². The van der Waals surface area contributed by atoms with E-state index in [1.54, 1.807) is 0 Å². The molecule has 0 aromatic carbocycles. The highest BCUT2D eigenvalue weighted by atomic mass is 32.2. The fourth-order valence-corrected chi connectivity index (χ4v) is 2.28. The Morgan fingerprint density at radius 3 is 3.00 bits per heavy atom. The minimum atomic E-state index is 0.653. The van der Waals surface area contributed by atoms with Gasteiger partial charge in [0.25, 0.3) is 0 Å². The molecular formula is C6H14N2S. The minimum absolute atomic E-state index is 0.653. The van der Waals surface area contributed by atoms with Gasteiger partial charge < -0.3 is 0 Å². The summed E-state index contributed by atoms with van der Waals surface area (Å²) in [6.45, 7) is 3.08. The molecule has 1 aliphatic heterocycles. The molecule has 0 saturated carbocycles. The summed E-state index contributed by atoms with van der Waals surface area (Å²) < 4.78 is 0.